The summed E-state index contributed by atoms with van der Waals surface area (Å²) in [6, 6.07) is 11.4. The lowest BCUT2D eigenvalue weighted by atomic mass is 9.89. The molecule has 14 nitrogen and oxygen atoms in total. The molecule has 8 rings (SSSR count). The Hall–Kier alpha value is -4.58. The molecular formula is C46H61FN10O4S2. The molecule has 4 fully saturated rings. The number of thiazole rings is 1. The van der Waals surface area contributed by atoms with Crippen LogP contribution in [0.3, 0.4) is 0 Å². The Bertz CT molecular complexity index is 2350. The van der Waals surface area contributed by atoms with Crippen molar-refractivity contribution in [1.29, 1.82) is 0 Å². The lowest BCUT2D eigenvalue weighted by Crippen LogP contribution is -2.52. The molecule has 338 valence electrons. The number of pyridine rings is 1. The van der Waals surface area contributed by atoms with Crippen molar-refractivity contribution >= 4 is 50.6 Å². The summed E-state index contributed by atoms with van der Waals surface area (Å²) in [5, 5.41) is 6.87. The summed E-state index contributed by atoms with van der Waals surface area (Å²) in [4.78, 5) is 51.4. The molecule has 4 aromatic rings. The Kier molecular flexibility index (Phi) is 13.8. The molecule has 3 saturated heterocycles. The molecule has 3 N–H and O–H groups in total. The fraction of sp³-hybridized carbons (Fsp3) is 0.565. The van der Waals surface area contributed by atoms with Gasteiger partial charge in [-0.15, -0.1) is 11.3 Å². The van der Waals surface area contributed by atoms with Crippen molar-refractivity contribution in [3.8, 4) is 21.8 Å². The first kappa shape index (κ1) is 45.0. The first-order valence-corrected chi connectivity index (χ1v) is 25.1. The first-order valence-electron chi connectivity index (χ1n) is 22.6. The van der Waals surface area contributed by atoms with E-state index in [1.165, 1.54) is 17.4 Å². The van der Waals surface area contributed by atoms with Crippen molar-refractivity contribution in [2.75, 3.05) is 66.5 Å². The number of rotatable bonds is 13. The number of benzene rings is 1. The van der Waals surface area contributed by atoms with Crippen molar-refractivity contribution in [3.05, 3.63) is 65.2 Å². The maximum absolute atomic E-state index is 16.1. The van der Waals surface area contributed by atoms with Gasteiger partial charge in [0.05, 0.1) is 38.6 Å². The number of nitrogens with zero attached hydrogens (tertiary/aromatic N) is 7. The first-order chi connectivity index (χ1) is 30.2. The minimum Gasteiger partial charge on any atom is -0.357 e. The lowest BCUT2D eigenvalue weighted by Gasteiger charge is -2.43. The zero-order valence-electron chi connectivity index (χ0n) is 36.9. The van der Waals surface area contributed by atoms with Crippen LogP contribution in [0, 0.1) is 11.7 Å². The summed E-state index contributed by atoms with van der Waals surface area (Å²) in [6.45, 7) is 15.5. The standard InChI is InChI=1S/C46H61FN10O4S2/c1-5-27-63(60,61)54-36-8-6-7-35(40(36)47)41-42(62-44(53-41)46(2,3)4)37-17-20-48-45(51-37)50-32-10-12-33(13-11-32)56-25-23-55(24-26-56)29-30-18-21-57(22-19-30)38-15-9-31(28-49-38)34-14-16-39(58)52-43(34)59/h6-9,15,17,20,28,30,32-34,54H,5,10-14,16,18-19,21-27,29H2,1-4H3,(H,48,50,51)(H,52,58,59)/t32?,33?,34-/m0/s1. The van der Waals surface area contributed by atoms with E-state index < -0.39 is 15.8 Å². The van der Waals surface area contributed by atoms with E-state index in [0.29, 0.717) is 53.4 Å². The van der Waals surface area contributed by atoms with E-state index in [0.717, 1.165) is 101 Å². The monoisotopic (exact) mass is 900 g/mol. The molecule has 0 spiro atoms. The quantitative estimate of drug-likeness (QED) is 0.118. The van der Waals surface area contributed by atoms with E-state index in [-0.39, 0.29) is 46.2 Å². The third-order valence-electron chi connectivity index (χ3n) is 13.0. The summed E-state index contributed by atoms with van der Waals surface area (Å²) in [6.07, 6.45) is 11.4. The molecule has 0 unspecified atom stereocenters. The number of carbonyl (C=O) groups excluding carboxylic acids is 2. The van der Waals surface area contributed by atoms with Crippen molar-refractivity contribution in [2.45, 2.75) is 109 Å². The number of hydrogen-bond acceptors (Lipinski definition) is 13. The van der Waals surface area contributed by atoms with Gasteiger partial charge in [-0.2, -0.15) is 0 Å². The van der Waals surface area contributed by atoms with Crippen LogP contribution in [0.5, 0.6) is 0 Å². The summed E-state index contributed by atoms with van der Waals surface area (Å²) in [5.74, 6) is 0.670. The molecule has 63 heavy (non-hydrogen) atoms. The predicted molar refractivity (Wildman–Crippen MR) is 247 cm³/mol. The van der Waals surface area contributed by atoms with Crippen molar-refractivity contribution in [1.82, 2.24) is 35.1 Å². The van der Waals surface area contributed by atoms with Crippen LogP contribution in [0.1, 0.15) is 102 Å². The maximum atomic E-state index is 16.1. The van der Waals surface area contributed by atoms with Gasteiger partial charge in [0.15, 0.2) is 5.82 Å². The molecule has 0 bridgehead atoms. The summed E-state index contributed by atoms with van der Waals surface area (Å²) >= 11 is 1.47. The Morgan fingerprint density at radius 2 is 1.67 bits per heavy atom. The number of aromatic nitrogens is 4. The Balaban J connectivity index is 0.811. The summed E-state index contributed by atoms with van der Waals surface area (Å²) < 4.78 is 43.6. The van der Waals surface area contributed by atoms with Crippen LogP contribution >= 0.6 is 11.3 Å². The number of piperidine rings is 2. The second-order valence-electron chi connectivity index (χ2n) is 18.7. The molecule has 2 amide bonds. The second-order valence-corrected chi connectivity index (χ2v) is 21.5. The van der Waals surface area contributed by atoms with Gasteiger partial charge >= 0.3 is 0 Å². The topological polar surface area (TPSA) is 166 Å². The largest absolute Gasteiger partial charge is 0.357 e. The van der Waals surface area contributed by atoms with Crippen LogP contribution in [-0.2, 0) is 25.0 Å². The number of imide groups is 1. The molecule has 17 heteroatoms. The molecule has 4 aliphatic rings. The minimum absolute atomic E-state index is 0.0965. The van der Waals surface area contributed by atoms with E-state index in [1.807, 2.05) is 18.2 Å². The van der Waals surface area contributed by atoms with Crippen molar-refractivity contribution in [2.24, 2.45) is 5.92 Å². The second kappa shape index (κ2) is 19.3. The normalized spacial score (nSPS) is 22.2. The highest BCUT2D eigenvalue weighted by Gasteiger charge is 2.32. The Morgan fingerprint density at radius 3 is 2.35 bits per heavy atom. The number of nitrogens with one attached hydrogen (secondary N) is 3. The predicted octanol–water partition coefficient (Wildman–Crippen LogP) is 7.03. The van der Waals surface area contributed by atoms with Gasteiger partial charge in [0, 0.05) is 87.7 Å². The smallest absolute Gasteiger partial charge is 0.234 e. The molecule has 1 aliphatic carbocycles. The van der Waals surface area contributed by atoms with Gasteiger partial charge in [0.25, 0.3) is 0 Å². The van der Waals surface area contributed by atoms with Gasteiger partial charge in [-0.1, -0.05) is 39.8 Å². The fourth-order valence-electron chi connectivity index (χ4n) is 9.42. The number of amides is 2. The van der Waals surface area contributed by atoms with Gasteiger partial charge < -0.3 is 15.1 Å². The molecule has 1 atom stereocenters. The highest BCUT2D eigenvalue weighted by molar-refractivity contribution is 7.92. The van der Waals surface area contributed by atoms with Gasteiger partial charge in [0.1, 0.15) is 5.82 Å². The molecule has 3 aliphatic heterocycles. The third-order valence-corrected chi connectivity index (χ3v) is 15.9. The van der Waals surface area contributed by atoms with E-state index in [4.69, 9.17) is 15.0 Å². The van der Waals surface area contributed by atoms with Crippen LogP contribution in [0.4, 0.5) is 21.8 Å². The number of piperazine rings is 1. The van der Waals surface area contributed by atoms with Crippen molar-refractivity contribution < 1.29 is 22.4 Å². The zero-order valence-corrected chi connectivity index (χ0v) is 38.5. The van der Waals surface area contributed by atoms with E-state index in [2.05, 4.69) is 55.8 Å². The minimum atomic E-state index is -3.69. The number of halogens is 1. The van der Waals surface area contributed by atoms with Crippen molar-refractivity contribution in [3.63, 3.8) is 0 Å². The lowest BCUT2D eigenvalue weighted by molar-refractivity contribution is -0.134. The zero-order chi connectivity index (χ0) is 44.3. The number of anilines is 3. The molecule has 1 aromatic carbocycles. The fourth-order valence-corrected chi connectivity index (χ4v) is 11.7. The molecule has 3 aromatic heterocycles. The SMILES string of the molecule is CCCS(=O)(=O)Nc1cccc(-c2nc(C(C)(C)C)sc2-c2ccnc(NC3CCC(N4CCN(CC5CCN(c6ccc([C@@H]7CCC(=O)NC7=O)cn6)CC5)CC4)CC3)n2)c1F. The Morgan fingerprint density at radius 1 is 0.905 bits per heavy atom. The molecular weight excluding hydrogens is 840 g/mol. The van der Waals surface area contributed by atoms with Gasteiger partial charge in [0.2, 0.25) is 27.8 Å². The van der Waals surface area contributed by atoms with Crippen LogP contribution < -0.4 is 20.3 Å². The highest BCUT2D eigenvalue weighted by atomic mass is 32.2. The van der Waals surface area contributed by atoms with Crippen LogP contribution in [0.15, 0.2) is 48.8 Å². The average Bonchev–Trinajstić information content (AvgIpc) is 3.72. The molecule has 0 radical (unpaired) electrons. The Labute approximate surface area is 374 Å². The third kappa shape index (κ3) is 10.9. The van der Waals surface area contributed by atoms with E-state index in [1.54, 1.807) is 31.5 Å². The highest BCUT2D eigenvalue weighted by Crippen LogP contribution is 2.42. The summed E-state index contributed by atoms with van der Waals surface area (Å²) in [5.41, 5.74) is 1.76. The van der Waals surface area contributed by atoms with Crippen LogP contribution in [-0.4, -0.2) is 114 Å². The summed E-state index contributed by atoms with van der Waals surface area (Å²) in [7, 11) is -3.69. The maximum Gasteiger partial charge on any atom is 0.234 e. The molecule has 6 heterocycles. The average molecular weight is 901 g/mol. The van der Waals surface area contributed by atoms with E-state index >= 15 is 4.39 Å². The van der Waals surface area contributed by atoms with Gasteiger partial charge in [-0.05, 0) is 87.1 Å². The number of carbonyl (C=O) groups is 2. The van der Waals surface area contributed by atoms with Crippen LogP contribution in [0.2, 0.25) is 0 Å². The molecule has 1 saturated carbocycles. The van der Waals surface area contributed by atoms with Gasteiger partial charge in [-0.3, -0.25) is 24.5 Å². The van der Waals surface area contributed by atoms with Crippen LogP contribution in [0.25, 0.3) is 21.8 Å². The van der Waals surface area contributed by atoms with E-state index in [9.17, 15) is 18.0 Å². The number of sulfonamides is 1. The number of hydrogen-bond donors (Lipinski definition) is 3. The van der Waals surface area contributed by atoms with Gasteiger partial charge in [-0.25, -0.2) is 32.7 Å².